The van der Waals surface area contributed by atoms with Crippen molar-refractivity contribution in [2.75, 3.05) is 6.61 Å². The third-order valence-electron chi connectivity index (χ3n) is 5.05. The minimum absolute atomic E-state index is 0.300. The number of ether oxygens (including phenoxy) is 1. The Morgan fingerprint density at radius 2 is 1.38 bits per heavy atom. The van der Waals surface area contributed by atoms with Gasteiger partial charge in [-0.05, 0) is 24.6 Å². The molecule has 0 aliphatic heterocycles. The number of carbonyl (C=O) groups excluding carboxylic acids is 1. The zero-order valence-corrected chi connectivity index (χ0v) is 18.8. The third-order valence-corrected chi connectivity index (χ3v) is 6.21. The van der Waals surface area contributed by atoms with Crippen LogP contribution in [0, 0.1) is 0 Å². The number of rotatable bonds is 8. The van der Waals surface area contributed by atoms with Gasteiger partial charge in [-0.15, -0.1) is 11.3 Å². The van der Waals surface area contributed by atoms with E-state index in [0.29, 0.717) is 13.0 Å². The van der Waals surface area contributed by atoms with Gasteiger partial charge < -0.3 is 4.74 Å². The summed E-state index contributed by atoms with van der Waals surface area (Å²) >= 11 is 1.69. The highest BCUT2D eigenvalue weighted by Gasteiger charge is 2.22. The Labute approximate surface area is 193 Å². The molecule has 3 aromatic carbocycles. The Hall–Kier alpha value is -3.50. The molecule has 0 N–H and O–H groups in total. The van der Waals surface area contributed by atoms with Crippen LogP contribution in [-0.4, -0.2) is 24.3 Å². The lowest BCUT2D eigenvalue weighted by atomic mass is 10.0. The number of hydrogen-bond donors (Lipinski definition) is 0. The van der Waals surface area contributed by atoms with Gasteiger partial charge in [0.05, 0.1) is 12.3 Å². The summed E-state index contributed by atoms with van der Waals surface area (Å²) in [5.74, 6) is -0.300. The van der Waals surface area contributed by atoms with E-state index in [-0.39, 0.29) is 5.97 Å². The van der Waals surface area contributed by atoms with E-state index >= 15 is 0 Å². The normalized spacial score (nSPS) is 11.5. The molecule has 1 unspecified atom stereocenters. The lowest BCUT2D eigenvalue weighted by molar-refractivity contribution is -0.144. The first kappa shape index (κ1) is 21.7. The lowest BCUT2D eigenvalue weighted by Crippen LogP contribution is -2.25. The number of thiophene rings is 1. The molecule has 0 saturated carbocycles. The maximum absolute atomic E-state index is 12.9. The summed E-state index contributed by atoms with van der Waals surface area (Å²) in [6, 6.07) is 33.8. The molecule has 32 heavy (non-hydrogen) atoms. The fraction of sp³-hybridized carbons (Fsp3) is 0.143. The first-order valence-corrected chi connectivity index (χ1v) is 11.6. The molecule has 1 heterocycles. The van der Waals surface area contributed by atoms with Gasteiger partial charge in [0.2, 0.25) is 0 Å². The molecular weight excluding hydrogens is 414 g/mol. The van der Waals surface area contributed by atoms with Crippen LogP contribution in [0.5, 0.6) is 0 Å². The molecule has 0 aliphatic rings. The quantitative estimate of drug-likeness (QED) is 0.234. The van der Waals surface area contributed by atoms with Gasteiger partial charge in [-0.25, -0.2) is 4.79 Å². The average molecular weight is 440 g/mol. The van der Waals surface area contributed by atoms with Gasteiger partial charge in [0.15, 0.2) is 6.04 Å². The van der Waals surface area contributed by atoms with Crippen LogP contribution < -0.4 is 0 Å². The van der Waals surface area contributed by atoms with Gasteiger partial charge in [-0.3, -0.25) is 4.99 Å². The Morgan fingerprint density at radius 3 is 1.94 bits per heavy atom. The number of hydrogen-bond acceptors (Lipinski definition) is 4. The number of aliphatic imine (C=N–C) groups is 1. The molecule has 0 amide bonds. The van der Waals surface area contributed by atoms with Gasteiger partial charge in [-0.2, -0.15) is 0 Å². The molecule has 0 aliphatic carbocycles. The zero-order chi connectivity index (χ0) is 22.2. The van der Waals surface area contributed by atoms with Crippen molar-refractivity contribution in [1.82, 2.24) is 0 Å². The molecule has 0 radical (unpaired) electrons. The van der Waals surface area contributed by atoms with Crippen LogP contribution in [0.2, 0.25) is 0 Å². The molecule has 3 nitrogen and oxygen atoms in total. The molecule has 1 aromatic heterocycles. The summed E-state index contributed by atoms with van der Waals surface area (Å²) in [7, 11) is 0. The van der Waals surface area contributed by atoms with Crippen molar-refractivity contribution < 1.29 is 9.53 Å². The standard InChI is InChI=1S/C28H25NO2S/c1-2-31-28(30)25(20-24-18-19-26(32-24)21-12-6-3-7-13-21)29-27(22-14-8-4-9-15-22)23-16-10-5-11-17-23/h3-19,25H,2,20H2,1H3. The first-order chi connectivity index (χ1) is 15.7. The summed E-state index contributed by atoms with van der Waals surface area (Å²) in [6.07, 6.45) is 0.500. The molecule has 4 aromatic rings. The summed E-state index contributed by atoms with van der Waals surface area (Å²) in [5.41, 5.74) is 3.92. The smallest absolute Gasteiger partial charge is 0.331 e. The molecule has 0 saturated heterocycles. The molecule has 4 rings (SSSR count). The van der Waals surface area contributed by atoms with Crippen molar-refractivity contribution in [2.24, 2.45) is 4.99 Å². The Balaban J connectivity index is 1.70. The first-order valence-electron chi connectivity index (χ1n) is 10.7. The van der Waals surface area contributed by atoms with E-state index < -0.39 is 6.04 Å². The van der Waals surface area contributed by atoms with Crippen molar-refractivity contribution in [3.63, 3.8) is 0 Å². The summed E-state index contributed by atoms with van der Waals surface area (Å²) in [6.45, 7) is 2.16. The minimum atomic E-state index is -0.618. The van der Waals surface area contributed by atoms with Crippen LogP contribution >= 0.6 is 11.3 Å². The van der Waals surface area contributed by atoms with Gasteiger partial charge in [0.1, 0.15) is 0 Å². The maximum Gasteiger partial charge on any atom is 0.331 e. The Bertz CT molecular complexity index is 1130. The molecule has 4 heteroatoms. The monoisotopic (exact) mass is 439 g/mol. The number of esters is 1. The van der Waals surface area contributed by atoms with Crippen LogP contribution in [0.3, 0.4) is 0 Å². The van der Waals surface area contributed by atoms with E-state index in [0.717, 1.165) is 21.7 Å². The second-order valence-electron chi connectivity index (χ2n) is 7.31. The Morgan fingerprint density at radius 1 is 0.812 bits per heavy atom. The van der Waals surface area contributed by atoms with Crippen LogP contribution in [0.4, 0.5) is 0 Å². The summed E-state index contributed by atoms with van der Waals surface area (Å²) in [4.78, 5) is 20.1. The number of nitrogens with zero attached hydrogens (tertiary/aromatic N) is 1. The van der Waals surface area contributed by atoms with Crippen LogP contribution in [0.25, 0.3) is 10.4 Å². The highest BCUT2D eigenvalue weighted by Crippen LogP contribution is 2.29. The van der Waals surface area contributed by atoms with Gasteiger partial charge in [-0.1, -0.05) is 91.0 Å². The van der Waals surface area contributed by atoms with Crippen molar-refractivity contribution in [2.45, 2.75) is 19.4 Å². The van der Waals surface area contributed by atoms with Crippen molar-refractivity contribution in [3.8, 4) is 10.4 Å². The van der Waals surface area contributed by atoms with Crippen LogP contribution in [-0.2, 0) is 16.0 Å². The van der Waals surface area contributed by atoms with Gasteiger partial charge in [0.25, 0.3) is 0 Å². The Kier molecular flexibility index (Phi) is 7.26. The highest BCUT2D eigenvalue weighted by molar-refractivity contribution is 7.15. The summed E-state index contributed by atoms with van der Waals surface area (Å²) in [5, 5.41) is 0. The maximum atomic E-state index is 12.9. The molecular formula is C28H25NO2S. The fourth-order valence-electron chi connectivity index (χ4n) is 3.52. The predicted octanol–water partition coefficient (Wildman–Crippen LogP) is 6.43. The summed E-state index contributed by atoms with van der Waals surface area (Å²) < 4.78 is 5.40. The lowest BCUT2D eigenvalue weighted by Gasteiger charge is -2.15. The SMILES string of the molecule is CCOC(=O)C(Cc1ccc(-c2ccccc2)s1)N=C(c1ccccc1)c1ccccc1. The minimum Gasteiger partial charge on any atom is -0.464 e. The molecule has 0 bridgehead atoms. The van der Waals surface area contributed by atoms with E-state index in [1.165, 1.54) is 10.4 Å². The van der Waals surface area contributed by atoms with E-state index in [2.05, 4.69) is 24.3 Å². The average Bonchev–Trinajstić information content (AvgIpc) is 3.32. The van der Waals surface area contributed by atoms with Crippen LogP contribution in [0.1, 0.15) is 22.9 Å². The zero-order valence-electron chi connectivity index (χ0n) is 18.0. The van der Waals surface area contributed by atoms with E-state index in [1.807, 2.05) is 85.8 Å². The largest absolute Gasteiger partial charge is 0.464 e. The topological polar surface area (TPSA) is 38.7 Å². The van der Waals surface area contributed by atoms with Gasteiger partial charge >= 0.3 is 5.97 Å². The second-order valence-corrected chi connectivity index (χ2v) is 8.48. The van der Waals surface area contributed by atoms with Crippen molar-refractivity contribution in [3.05, 3.63) is 119 Å². The third kappa shape index (κ3) is 5.40. The van der Waals surface area contributed by atoms with Crippen molar-refractivity contribution >= 4 is 23.0 Å². The molecule has 1 atom stereocenters. The predicted molar refractivity (Wildman–Crippen MR) is 132 cm³/mol. The van der Waals surface area contributed by atoms with Crippen molar-refractivity contribution in [1.29, 1.82) is 0 Å². The molecule has 160 valence electrons. The fourth-order valence-corrected chi connectivity index (χ4v) is 4.57. The highest BCUT2D eigenvalue weighted by atomic mass is 32.1. The number of benzene rings is 3. The van der Waals surface area contributed by atoms with E-state index in [4.69, 9.17) is 9.73 Å². The van der Waals surface area contributed by atoms with E-state index in [9.17, 15) is 4.79 Å². The molecule has 0 fully saturated rings. The van der Waals surface area contributed by atoms with Crippen LogP contribution in [0.15, 0.2) is 108 Å². The van der Waals surface area contributed by atoms with Gasteiger partial charge in [0, 0.05) is 27.3 Å². The number of carbonyl (C=O) groups is 1. The molecule has 0 spiro atoms. The van der Waals surface area contributed by atoms with E-state index in [1.54, 1.807) is 11.3 Å². The second kappa shape index (κ2) is 10.7.